The molecule has 0 unspecified atom stereocenters. The van der Waals surface area contributed by atoms with Gasteiger partial charge in [-0.1, -0.05) is 0 Å². The van der Waals surface area contributed by atoms with Gasteiger partial charge >= 0.3 is 0 Å². The van der Waals surface area contributed by atoms with E-state index in [1.54, 1.807) is 19.2 Å². The van der Waals surface area contributed by atoms with Crippen molar-refractivity contribution in [1.29, 1.82) is 0 Å². The lowest BCUT2D eigenvalue weighted by atomic mass is 10.3. The number of benzene rings is 1. The van der Waals surface area contributed by atoms with Crippen LogP contribution >= 0.6 is 22.6 Å². The van der Waals surface area contributed by atoms with Gasteiger partial charge < -0.3 is 14.5 Å². The van der Waals surface area contributed by atoms with Gasteiger partial charge in [0.05, 0.1) is 0 Å². The van der Waals surface area contributed by atoms with Gasteiger partial charge in [-0.25, -0.2) is 0 Å². The second-order valence-corrected chi connectivity index (χ2v) is 4.83. The number of amides is 1. The fourth-order valence-electron chi connectivity index (χ4n) is 1.39. The highest BCUT2D eigenvalue weighted by Crippen LogP contribution is 2.16. The fourth-order valence-corrected chi connectivity index (χ4v) is 1.75. The van der Waals surface area contributed by atoms with Gasteiger partial charge in [0.25, 0.3) is 5.91 Å². The van der Waals surface area contributed by atoms with Crippen LogP contribution in [0.4, 0.5) is 0 Å². The van der Waals surface area contributed by atoms with Gasteiger partial charge in [-0.15, -0.1) is 0 Å². The minimum Gasteiger partial charge on any atom is -0.486 e. The number of ether oxygens (including phenoxy) is 1. The smallest absolute Gasteiger partial charge is 0.286 e. The molecule has 0 atom stereocenters. The summed E-state index contributed by atoms with van der Waals surface area (Å²) in [6.07, 6.45) is 0. The van der Waals surface area contributed by atoms with E-state index in [1.807, 2.05) is 24.3 Å². The first kappa shape index (κ1) is 12.9. The second-order valence-electron chi connectivity index (χ2n) is 3.59. The Labute approximate surface area is 118 Å². The number of furan rings is 1. The van der Waals surface area contributed by atoms with Gasteiger partial charge in [-0.2, -0.15) is 0 Å². The Morgan fingerprint density at radius 1 is 1.28 bits per heavy atom. The summed E-state index contributed by atoms with van der Waals surface area (Å²) in [6.45, 7) is 0.303. The van der Waals surface area contributed by atoms with E-state index in [0.717, 1.165) is 9.32 Å². The zero-order chi connectivity index (χ0) is 13.0. The number of hydrogen-bond donors (Lipinski definition) is 1. The molecule has 0 aliphatic carbocycles. The Balaban J connectivity index is 1.96. The number of carbonyl (C=O) groups is 1. The molecule has 0 bridgehead atoms. The van der Waals surface area contributed by atoms with Crippen molar-refractivity contribution in [3.05, 3.63) is 51.5 Å². The third-order valence-corrected chi connectivity index (χ3v) is 3.03. The van der Waals surface area contributed by atoms with Crippen LogP contribution in [0.15, 0.2) is 40.8 Å². The van der Waals surface area contributed by atoms with Crippen LogP contribution in [0.25, 0.3) is 0 Å². The van der Waals surface area contributed by atoms with Crippen LogP contribution in [0.1, 0.15) is 16.3 Å². The van der Waals surface area contributed by atoms with Crippen molar-refractivity contribution < 1.29 is 13.9 Å². The van der Waals surface area contributed by atoms with E-state index >= 15 is 0 Å². The van der Waals surface area contributed by atoms with Crippen LogP contribution in [0.3, 0.4) is 0 Å². The average molecular weight is 357 g/mol. The van der Waals surface area contributed by atoms with Gasteiger partial charge in [-0.3, -0.25) is 4.79 Å². The summed E-state index contributed by atoms with van der Waals surface area (Å²) in [5.74, 6) is 1.44. The maximum atomic E-state index is 11.3. The van der Waals surface area contributed by atoms with Gasteiger partial charge in [0, 0.05) is 10.6 Å². The summed E-state index contributed by atoms with van der Waals surface area (Å²) < 4.78 is 12.0. The molecule has 4 nitrogen and oxygen atoms in total. The first-order valence-electron chi connectivity index (χ1n) is 5.38. The van der Waals surface area contributed by atoms with Crippen molar-refractivity contribution in [2.24, 2.45) is 0 Å². The molecule has 2 aromatic rings. The summed E-state index contributed by atoms with van der Waals surface area (Å²) in [5.41, 5.74) is 0. The van der Waals surface area contributed by atoms with Crippen LogP contribution in [-0.4, -0.2) is 13.0 Å². The molecule has 0 fully saturated rings. The summed E-state index contributed by atoms with van der Waals surface area (Å²) in [4.78, 5) is 11.3. The third-order valence-electron chi connectivity index (χ3n) is 2.31. The number of hydrogen-bond acceptors (Lipinski definition) is 3. The van der Waals surface area contributed by atoms with E-state index in [9.17, 15) is 4.79 Å². The number of carbonyl (C=O) groups excluding carboxylic acids is 1. The highest BCUT2D eigenvalue weighted by molar-refractivity contribution is 14.1. The minimum absolute atomic E-state index is 0.240. The van der Waals surface area contributed by atoms with Crippen LogP contribution in [0, 0.1) is 3.57 Å². The Bertz CT molecular complexity index is 533. The van der Waals surface area contributed by atoms with Crippen molar-refractivity contribution in [1.82, 2.24) is 5.32 Å². The van der Waals surface area contributed by atoms with Crippen LogP contribution in [0.5, 0.6) is 5.75 Å². The maximum Gasteiger partial charge on any atom is 0.286 e. The molecule has 0 aliphatic rings. The Hall–Kier alpha value is -1.50. The largest absolute Gasteiger partial charge is 0.486 e. The lowest BCUT2D eigenvalue weighted by Gasteiger charge is -2.03. The zero-order valence-corrected chi connectivity index (χ0v) is 11.9. The number of halogens is 1. The van der Waals surface area contributed by atoms with E-state index in [2.05, 4.69) is 27.9 Å². The van der Waals surface area contributed by atoms with Crippen LogP contribution in [-0.2, 0) is 6.61 Å². The molecule has 5 heteroatoms. The van der Waals surface area contributed by atoms with Crippen LogP contribution < -0.4 is 10.1 Å². The standard InChI is InChI=1S/C13H12INO3/c1-15-13(16)12-7-6-11(18-12)8-17-10-4-2-9(14)3-5-10/h2-7H,8H2,1H3,(H,15,16). The summed E-state index contributed by atoms with van der Waals surface area (Å²) >= 11 is 2.23. The molecule has 0 saturated carbocycles. The van der Waals surface area contributed by atoms with Gasteiger partial charge in [0.15, 0.2) is 5.76 Å². The molecule has 0 saturated heterocycles. The van der Waals surface area contributed by atoms with E-state index in [4.69, 9.17) is 9.15 Å². The average Bonchev–Trinajstić information content (AvgIpc) is 2.86. The maximum absolute atomic E-state index is 11.3. The predicted octanol–water partition coefficient (Wildman–Crippen LogP) is 2.82. The monoisotopic (exact) mass is 357 g/mol. The van der Waals surface area contributed by atoms with Gasteiger partial charge in [0.1, 0.15) is 18.1 Å². The fraction of sp³-hybridized carbons (Fsp3) is 0.154. The second kappa shape index (κ2) is 5.90. The van der Waals surface area contributed by atoms with Crippen molar-refractivity contribution in [3.8, 4) is 5.75 Å². The van der Waals surface area contributed by atoms with Crippen molar-refractivity contribution >= 4 is 28.5 Å². The summed E-state index contributed by atoms with van der Waals surface area (Å²) in [5, 5.41) is 2.50. The zero-order valence-electron chi connectivity index (χ0n) is 9.77. The third kappa shape index (κ3) is 3.25. The molecule has 0 spiro atoms. The van der Waals surface area contributed by atoms with E-state index < -0.39 is 0 Å². The molecule has 1 aromatic carbocycles. The highest BCUT2D eigenvalue weighted by atomic mass is 127. The van der Waals surface area contributed by atoms with E-state index in [-0.39, 0.29) is 5.91 Å². The van der Waals surface area contributed by atoms with Crippen LogP contribution in [0.2, 0.25) is 0 Å². The molecular formula is C13H12INO3. The van der Waals surface area contributed by atoms with Gasteiger partial charge in [0.2, 0.25) is 0 Å². The molecule has 94 valence electrons. The minimum atomic E-state index is -0.240. The number of rotatable bonds is 4. The Morgan fingerprint density at radius 2 is 2.00 bits per heavy atom. The molecule has 1 aromatic heterocycles. The van der Waals surface area contributed by atoms with E-state index in [1.165, 1.54) is 0 Å². The molecule has 2 rings (SSSR count). The highest BCUT2D eigenvalue weighted by Gasteiger charge is 2.09. The SMILES string of the molecule is CNC(=O)c1ccc(COc2ccc(I)cc2)o1. The predicted molar refractivity (Wildman–Crippen MR) is 75.6 cm³/mol. The van der Waals surface area contributed by atoms with Crippen molar-refractivity contribution in [3.63, 3.8) is 0 Å². The molecular weight excluding hydrogens is 345 g/mol. The normalized spacial score (nSPS) is 10.1. The topological polar surface area (TPSA) is 51.5 Å². The van der Waals surface area contributed by atoms with Crippen molar-refractivity contribution in [2.45, 2.75) is 6.61 Å². The molecule has 18 heavy (non-hydrogen) atoms. The lowest BCUT2D eigenvalue weighted by molar-refractivity contribution is 0.0931. The van der Waals surface area contributed by atoms with Gasteiger partial charge in [-0.05, 0) is 59.0 Å². The molecule has 1 N–H and O–H groups in total. The Kier molecular flexibility index (Phi) is 4.24. The van der Waals surface area contributed by atoms with E-state index in [0.29, 0.717) is 18.1 Å². The summed E-state index contributed by atoms with van der Waals surface area (Å²) in [7, 11) is 1.56. The molecule has 0 radical (unpaired) electrons. The lowest BCUT2D eigenvalue weighted by Crippen LogP contribution is -2.16. The summed E-state index contributed by atoms with van der Waals surface area (Å²) in [6, 6.07) is 11.1. The molecule has 0 aliphatic heterocycles. The first-order valence-corrected chi connectivity index (χ1v) is 6.46. The Morgan fingerprint density at radius 3 is 2.67 bits per heavy atom. The quantitative estimate of drug-likeness (QED) is 0.857. The van der Waals surface area contributed by atoms with Crippen molar-refractivity contribution in [2.75, 3.05) is 7.05 Å². The molecule has 1 amide bonds. The number of nitrogens with one attached hydrogen (secondary N) is 1. The first-order chi connectivity index (χ1) is 8.69. The molecule has 1 heterocycles.